The van der Waals surface area contributed by atoms with Crippen LogP contribution in [0.2, 0.25) is 0 Å². The van der Waals surface area contributed by atoms with E-state index in [1.807, 2.05) is 0 Å². The molecule has 0 aliphatic rings. The molecule has 6 heteroatoms. The fourth-order valence-electron chi connectivity index (χ4n) is 1.76. The van der Waals surface area contributed by atoms with Gasteiger partial charge in [0.25, 0.3) is 5.91 Å². The average molecular weight is 297 g/mol. The van der Waals surface area contributed by atoms with E-state index in [1.165, 1.54) is 36.3 Å². The number of carbonyl (C=O) groups is 2. The van der Waals surface area contributed by atoms with Crippen molar-refractivity contribution in [3.05, 3.63) is 30.1 Å². The Hall–Kier alpha value is -2.11. The lowest BCUT2D eigenvalue weighted by Crippen LogP contribution is -2.47. The predicted octanol–water partition coefficient (Wildman–Crippen LogP) is 2.00. The number of rotatable bonds is 6. The number of likely N-dealkylation sites (N-methyl/N-ethyl adjacent to an activating group) is 1. The van der Waals surface area contributed by atoms with Gasteiger partial charge >= 0.3 is 5.97 Å². The molecule has 0 bridgehead atoms. The summed E-state index contributed by atoms with van der Waals surface area (Å²) < 4.78 is 23.0. The highest BCUT2D eigenvalue weighted by Gasteiger charge is 2.32. The predicted molar refractivity (Wildman–Crippen MR) is 75.4 cm³/mol. The maximum absolute atomic E-state index is 12.8. The van der Waals surface area contributed by atoms with Crippen LogP contribution in [0.4, 0.5) is 4.39 Å². The van der Waals surface area contributed by atoms with Crippen LogP contribution in [0.3, 0.4) is 0 Å². The molecule has 0 aromatic heterocycles. The molecule has 0 N–H and O–H groups in total. The maximum Gasteiger partial charge on any atom is 0.307 e. The van der Waals surface area contributed by atoms with Gasteiger partial charge in [-0.25, -0.2) is 4.39 Å². The molecule has 21 heavy (non-hydrogen) atoms. The lowest BCUT2D eigenvalue weighted by Gasteiger charge is -2.30. The lowest BCUT2D eigenvalue weighted by molar-refractivity contribution is -0.146. The molecule has 5 nitrogen and oxygen atoms in total. The van der Waals surface area contributed by atoms with E-state index in [0.717, 1.165) is 0 Å². The van der Waals surface area contributed by atoms with Crippen molar-refractivity contribution in [2.75, 3.05) is 20.7 Å². The van der Waals surface area contributed by atoms with Crippen LogP contribution in [0.25, 0.3) is 0 Å². The van der Waals surface area contributed by atoms with Crippen LogP contribution in [0.15, 0.2) is 24.3 Å². The number of amides is 1. The highest BCUT2D eigenvalue weighted by atomic mass is 19.1. The molecule has 116 valence electrons. The molecule has 0 saturated carbocycles. The van der Waals surface area contributed by atoms with Crippen LogP contribution >= 0.6 is 0 Å². The summed E-state index contributed by atoms with van der Waals surface area (Å²) in [5.41, 5.74) is -1.12. The second kappa shape index (κ2) is 7.06. The van der Waals surface area contributed by atoms with Gasteiger partial charge < -0.3 is 14.4 Å². The minimum atomic E-state index is -1.12. The Kier molecular flexibility index (Phi) is 5.69. The standard InChI is InChI=1S/C15H20FNO4/c1-15(2,21-12-7-5-11(16)6-8-12)14(19)17(3)10-9-13(18)20-4/h5-8H,9-10H2,1-4H3. The summed E-state index contributed by atoms with van der Waals surface area (Å²) in [6.45, 7) is 3.47. The third-order valence-electron chi connectivity index (χ3n) is 2.93. The second-order valence-electron chi connectivity index (χ2n) is 5.12. The molecule has 0 spiro atoms. The first-order valence-corrected chi connectivity index (χ1v) is 6.53. The first-order chi connectivity index (χ1) is 9.76. The van der Waals surface area contributed by atoms with Crippen LogP contribution in [-0.2, 0) is 14.3 Å². The molecule has 1 amide bonds. The molecule has 0 aliphatic carbocycles. The monoisotopic (exact) mass is 297 g/mol. The summed E-state index contributed by atoms with van der Waals surface area (Å²) in [6.07, 6.45) is 0.116. The number of benzene rings is 1. The number of ether oxygens (including phenoxy) is 2. The number of carbonyl (C=O) groups excluding carboxylic acids is 2. The first kappa shape index (κ1) is 16.9. The van der Waals surface area contributed by atoms with Crippen LogP contribution < -0.4 is 4.74 Å². The van der Waals surface area contributed by atoms with E-state index >= 15 is 0 Å². The molecule has 1 aromatic rings. The smallest absolute Gasteiger partial charge is 0.307 e. The molecule has 0 saturated heterocycles. The Morgan fingerprint density at radius 1 is 1.24 bits per heavy atom. The summed E-state index contributed by atoms with van der Waals surface area (Å²) in [7, 11) is 2.88. The first-order valence-electron chi connectivity index (χ1n) is 6.53. The largest absolute Gasteiger partial charge is 0.478 e. The number of hydrogen-bond donors (Lipinski definition) is 0. The van der Waals surface area contributed by atoms with Crippen molar-refractivity contribution in [3.8, 4) is 5.75 Å². The second-order valence-corrected chi connectivity index (χ2v) is 5.12. The zero-order chi connectivity index (χ0) is 16.0. The molecule has 0 atom stereocenters. The molecule has 0 aliphatic heterocycles. The summed E-state index contributed by atoms with van der Waals surface area (Å²) >= 11 is 0. The Bertz CT molecular complexity index is 499. The normalized spacial score (nSPS) is 10.9. The van der Waals surface area contributed by atoms with Crippen molar-refractivity contribution in [2.45, 2.75) is 25.9 Å². The summed E-state index contributed by atoms with van der Waals surface area (Å²) in [5.74, 6) is -0.638. The van der Waals surface area contributed by atoms with Crippen molar-refractivity contribution in [2.24, 2.45) is 0 Å². The van der Waals surface area contributed by atoms with Crippen molar-refractivity contribution in [1.29, 1.82) is 0 Å². The van der Waals surface area contributed by atoms with E-state index in [0.29, 0.717) is 5.75 Å². The quantitative estimate of drug-likeness (QED) is 0.754. The summed E-state index contributed by atoms with van der Waals surface area (Å²) in [6, 6.07) is 5.44. The lowest BCUT2D eigenvalue weighted by atomic mass is 10.1. The SMILES string of the molecule is COC(=O)CCN(C)C(=O)C(C)(C)Oc1ccc(F)cc1. The number of hydrogen-bond acceptors (Lipinski definition) is 4. The number of methoxy groups -OCH3 is 1. The topological polar surface area (TPSA) is 55.8 Å². The Morgan fingerprint density at radius 3 is 2.33 bits per heavy atom. The van der Waals surface area contributed by atoms with Gasteiger partial charge in [0.1, 0.15) is 11.6 Å². The van der Waals surface area contributed by atoms with E-state index in [4.69, 9.17) is 4.74 Å². The van der Waals surface area contributed by atoms with Crippen molar-refractivity contribution >= 4 is 11.9 Å². The van der Waals surface area contributed by atoms with Crippen LogP contribution in [0, 0.1) is 5.82 Å². The molecule has 1 aromatic carbocycles. The highest BCUT2D eigenvalue weighted by Crippen LogP contribution is 2.20. The van der Waals surface area contributed by atoms with Crippen LogP contribution in [-0.4, -0.2) is 43.1 Å². The van der Waals surface area contributed by atoms with Gasteiger partial charge in [-0.05, 0) is 38.1 Å². The van der Waals surface area contributed by atoms with Gasteiger partial charge in [0.15, 0.2) is 5.60 Å². The molecular weight excluding hydrogens is 277 g/mol. The van der Waals surface area contributed by atoms with Crippen molar-refractivity contribution < 1.29 is 23.5 Å². The van der Waals surface area contributed by atoms with E-state index in [-0.39, 0.29) is 30.7 Å². The zero-order valence-electron chi connectivity index (χ0n) is 12.7. The van der Waals surface area contributed by atoms with Gasteiger partial charge in [0.05, 0.1) is 13.5 Å². The number of halogens is 1. The van der Waals surface area contributed by atoms with Gasteiger partial charge in [-0.15, -0.1) is 0 Å². The molecule has 0 heterocycles. The third kappa shape index (κ3) is 5.06. The van der Waals surface area contributed by atoms with Gasteiger partial charge in [0.2, 0.25) is 0 Å². The maximum atomic E-state index is 12.8. The molecule has 0 fully saturated rings. The van der Waals surface area contributed by atoms with Gasteiger partial charge in [-0.3, -0.25) is 9.59 Å². The zero-order valence-corrected chi connectivity index (χ0v) is 12.7. The Labute approximate surface area is 123 Å². The number of nitrogens with zero attached hydrogens (tertiary/aromatic N) is 1. The Balaban J connectivity index is 2.65. The fraction of sp³-hybridized carbons (Fsp3) is 0.467. The third-order valence-corrected chi connectivity index (χ3v) is 2.93. The summed E-state index contributed by atoms with van der Waals surface area (Å²) in [5, 5.41) is 0. The van der Waals surface area contributed by atoms with Crippen molar-refractivity contribution in [1.82, 2.24) is 4.90 Å². The molecule has 0 radical (unpaired) electrons. The molecule has 1 rings (SSSR count). The minimum absolute atomic E-state index is 0.116. The fourth-order valence-corrected chi connectivity index (χ4v) is 1.76. The van der Waals surface area contributed by atoms with E-state index in [2.05, 4.69) is 4.74 Å². The van der Waals surface area contributed by atoms with Gasteiger partial charge in [0, 0.05) is 13.6 Å². The van der Waals surface area contributed by atoms with E-state index < -0.39 is 5.60 Å². The minimum Gasteiger partial charge on any atom is -0.478 e. The van der Waals surface area contributed by atoms with E-state index in [9.17, 15) is 14.0 Å². The highest BCUT2D eigenvalue weighted by molar-refractivity contribution is 5.85. The average Bonchev–Trinajstić information content (AvgIpc) is 2.45. The number of esters is 1. The van der Waals surface area contributed by atoms with Crippen LogP contribution in [0.5, 0.6) is 5.75 Å². The van der Waals surface area contributed by atoms with Crippen LogP contribution in [0.1, 0.15) is 20.3 Å². The Morgan fingerprint density at radius 2 is 1.81 bits per heavy atom. The van der Waals surface area contributed by atoms with E-state index in [1.54, 1.807) is 20.9 Å². The van der Waals surface area contributed by atoms with Gasteiger partial charge in [-0.2, -0.15) is 0 Å². The molecule has 0 unspecified atom stereocenters. The molecular formula is C15H20FNO4. The van der Waals surface area contributed by atoms with Crippen molar-refractivity contribution in [3.63, 3.8) is 0 Å². The van der Waals surface area contributed by atoms with Gasteiger partial charge in [-0.1, -0.05) is 0 Å². The summed E-state index contributed by atoms with van der Waals surface area (Å²) in [4.78, 5) is 24.8.